The first-order chi connectivity index (χ1) is 15.1. The zero-order chi connectivity index (χ0) is 21.6. The Morgan fingerprint density at radius 2 is 1.84 bits per heavy atom. The summed E-state index contributed by atoms with van der Waals surface area (Å²) in [6.45, 7) is 2.96. The summed E-state index contributed by atoms with van der Waals surface area (Å²) in [5.74, 6) is 0.910. The van der Waals surface area contributed by atoms with Gasteiger partial charge in [0.05, 0.1) is 19.2 Å². The fourth-order valence-corrected chi connectivity index (χ4v) is 4.81. The molecule has 31 heavy (non-hydrogen) atoms. The first-order valence-electron chi connectivity index (χ1n) is 10.8. The van der Waals surface area contributed by atoms with Crippen LogP contribution in [-0.2, 0) is 11.2 Å². The second-order valence-corrected chi connectivity index (χ2v) is 8.82. The molecular formula is C22H29N5O3S. The molecule has 0 atom stereocenters. The topological polar surface area (TPSA) is 86.8 Å². The lowest BCUT2D eigenvalue weighted by Crippen LogP contribution is -2.49. The lowest BCUT2D eigenvalue weighted by Gasteiger charge is -2.36. The van der Waals surface area contributed by atoms with Gasteiger partial charge < -0.3 is 19.9 Å². The number of benzene rings is 1. The van der Waals surface area contributed by atoms with Crippen LogP contribution in [0.1, 0.15) is 31.4 Å². The van der Waals surface area contributed by atoms with E-state index in [0.29, 0.717) is 23.9 Å². The van der Waals surface area contributed by atoms with Gasteiger partial charge in [0.25, 0.3) is 0 Å². The zero-order valence-electron chi connectivity index (χ0n) is 17.8. The number of amides is 3. The highest BCUT2D eigenvalue weighted by atomic mass is 32.1. The summed E-state index contributed by atoms with van der Waals surface area (Å²) in [7, 11) is 1.66. The van der Waals surface area contributed by atoms with Crippen molar-refractivity contribution in [3.8, 4) is 5.75 Å². The van der Waals surface area contributed by atoms with E-state index in [1.54, 1.807) is 7.11 Å². The van der Waals surface area contributed by atoms with Gasteiger partial charge in [-0.2, -0.15) is 0 Å². The molecule has 1 aliphatic heterocycles. The van der Waals surface area contributed by atoms with Crippen LogP contribution in [0.5, 0.6) is 5.75 Å². The molecule has 0 spiro atoms. The molecular weight excluding hydrogens is 414 g/mol. The standard InChI is InChI=1S/C22H29N5O3S/c1-30-19-8-6-18(7-9-19)26-10-12-27(13-11-26)20(28)14-17-15-31-22(24-17)25-21(29)23-16-4-2-3-5-16/h6-9,15-16H,2-5,10-14H2,1H3,(H2,23,24,25,29). The van der Waals surface area contributed by atoms with Crippen LogP contribution in [-0.4, -0.2) is 61.2 Å². The summed E-state index contributed by atoms with van der Waals surface area (Å²) >= 11 is 1.35. The molecule has 1 saturated carbocycles. The number of carbonyl (C=O) groups excluding carboxylic acids is 2. The van der Waals surface area contributed by atoms with Gasteiger partial charge in [-0.25, -0.2) is 9.78 Å². The maximum atomic E-state index is 12.7. The molecule has 8 nitrogen and oxygen atoms in total. The normalized spacial score (nSPS) is 16.9. The molecule has 4 rings (SSSR count). The van der Waals surface area contributed by atoms with Gasteiger partial charge in [0, 0.05) is 43.3 Å². The number of anilines is 2. The molecule has 1 aromatic heterocycles. The summed E-state index contributed by atoms with van der Waals surface area (Å²) in [5.41, 5.74) is 1.84. The third-order valence-corrected chi connectivity index (χ3v) is 6.67. The van der Waals surface area contributed by atoms with Crippen molar-refractivity contribution in [1.82, 2.24) is 15.2 Å². The molecule has 3 amide bonds. The number of thiazole rings is 1. The third kappa shape index (κ3) is 5.66. The highest BCUT2D eigenvalue weighted by Crippen LogP contribution is 2.22. The molecule has 2 aromatic rings. The third-order valence-electron chi connectivity index (χ3n) is 5.86. The number of urea groups is 1. The quantitative estimate of drug-likeness (QED) is 0.716. The maximum absolute atomic E-state index is 12.7. The van der Waals surface area contributed by atoms with Gasteiger partial charge >= 0.3 is 6.03 Å². The highest BCUT2D eigenvalue weighted by Gasteiger charge is 2.22. The van der Waals surface area contributed by atoms with Crippen LogP contribution in [0.15, 0.2) is 29.6 Å². The number of aromatic nitrogens is 1. The van der Waals surface area contributed by atoms with E-state index >= 15 is 0 Å². The first-order valence-corrected chi connectivity index (χ1v) is 11.7. The lowest BCUT2D eigenvalue weighted by atomic mass is 10.2. The SMILES string of the molecule is COc1ccc(N2CCN(C(=O)Cc3csc(NC(=O)NC4CCCC4)n3)CC2)cc1. The summed E-state index contributed by atoms with van der Waals surface area (Å²) < 4.78 is 5.21. The molecule has 1 aliphatic carbocycles. The van der Waals surface area contributed by atoms with E-state index in [2.05, 4.69) is 20.5 Å². The van der Waals surface area contributed by atoms with E-state index in [0.717, 1.165) is 37.4 Å². The average Bonchev–Trinajstić information content (AvgIpc) is 3.46. The van der Waals surface area contributed by atoms with Gasteiger partial charge in [-0.1, -0.05) is 12.8 Å². The van der Waals surface area contributed by atoms with Gasteiger partial charge in [-0.3, -0.25) is 10.1 Å². The number of carbonyl (C=O) groups is 2. The Balaban J connectivity index is 1.23. The number of rotatable bonds is 6. The number of piperazine rings is 1. The van der Waals surface area contributed by atoms with Crippen molar-refractivity contribution in [2.45, 2.75) is 38.1 Å². The highest BCUT2D eigenvalue weighted by molar-refractivity contribution is 7.13. The Bertz CT molecular complexity index is 887. The smallest absolute Gasteiger partial charge is 0.321 e. The second kappa shape index (κ2) is 10.00. The minimum Gasteiger partial charge on any atom is -0.497 e. The average molecular weight is 444 g/mol. The summed E-state index contributed by atoms with van der Waals surface area (Å²) in [4.78, 5) is 33.4. The molecule has 2 aliphatic rings. The number of nitrogens with one attached hydrogen (secondary N) is 2. The Hall–Kier alpha value is -2.81. The molecule has 2 heterocycles. The van der Waals surface area contributed by atoms with Gasteiger partial charge in [-0.15, -0.1) is 11.3 Å². The molecule has 0 unspecified atom stereocenters. The van der Waals surface area contributed by atoms with Gasteiger partial charge in [-0.05, 0) is 37.1 Å². The summed E-state index contributed by atoms with van der Waals surface area (Å²) in [5, 5.41) is 8.15. The van der Waals surface area contributed by atoms with E-state index in [4.69, 9.17) is 4.74 Å². The van der Waals surface area contributed by atoms with E-state index < -0.39 is 0 Å². The van der Waals surface area contributed by atoms with Crippen molar-refractivity contribution in [3.63, 3.8) is 0 Å². The molecule has 1 saturated heterocycles. The van der Waals surface area contributed by atoms with E-state index in [1.165, 1.54) is 24.2 Å². The van der Waals surface area contributed by atoms with Crippen LogP contribution in [0, 0.1) is 0 Å². The zero-order valence-corrected chi connectivity index (χ0v) is 18.6. The largest absolute Gasteiger partial charge is 0.497 e. The van der Waals surface area contributed by atoms with E-state index in [1.807, 2.05) is 34.5 Å². The van der Waals surface area contributed by atoms with Gasteiger partial charge in [0.15, 0.2) is 5.13 Å². The van der Waals surface area contributed by atoms with Crippen molar-refractivity contribution in [2.75, 3.05) is 43.5 Å². The fraction of sp³-hybridized carbons (Fsp3) is 0.500. The molecule has 1 aromatic carbocycles. The van der Waals surface area contributed by atoms with Crippen molar-refractivity contribution < 1.29 is 14.3 Å². The van der Waals surface area contributed by atoms with Crippen molar-refractivity contribution >= 4 is 34.1 Å². The van der Waals surface area contributed by atoms with Crippen LogP contribution in [0.25, 0.3) is 0 Å². The Morgan fingerprint density at radius 3 is 2.52 bits per heavy atom. The first kappa shape index (κ1) is 21.4. The number of ether oxygens (including phenoxy) is 1. The maximum Gasteiger partial charge on any atom is 0.321 e. The van der Waals surface area contributed by atoms with Gasteiger partial charge in [0.1, 0.15) is 5.75 Å². The minimum absolute atomic E-state index is 0.0710. The molecule has 166 valence electrons. The molecule has 0 bridgehead atoms. The Labute approximate surface area is 186 Å². The summed E-state index contributed by atoms with van der Waals surface area (Å²) in [6.07, 6.45) is 4.67. The number of hydrogen-bond donors (Lipinski definition) is 2. The monoisotopic (exact) mass is 443 g/mol. The minimum atomic E-state index is -0.214. The Kier molecular flexibility index (Phi) is 6.91. The van der Waals surface area contributed by atoms with Crippen LogP contribution < -0.4 is 20.3 Å². The van der Waals surface area contributed by atoms with Crippen molar-refractivity contribution in [1.29, 1.82) is 0 Å². The predicted octanol–water partition coefficient (Wildman–Crippen LogP) is 3.11. The molecule has 0 radical (unpaired) electrons. The van der Waals surface area contributed by atoms with Gasteiger partial charge in [0.2, 0.25) is 5.91 Å². The second-order valence-electron chi connectivity index (χ2n) is 7.97. The number of nitrogens with zero attached hydrogens (tertiary/aromatic N) is 3. The van der Waals surface area contributed by atoms with Crippen molar-refractivity contribution in [2.24, 2.45) is 0 Å². The predicted molar refractivity (Wildman–Crippen MR) is 122 cm³/mol. The van der Waals surface area contributed by atoms with E-state index in [-0.39, 0.29) is 24.4 Å². The fourth-order valence-electron chi connectivity index (χ4n) is 4.11. The summed E-state index contributed by atoms with van der Waals surface area (Å²) in [6, 6.07) is 8.04. The van der Waals surface area contributed by atoms with Crippen LogP contribution in [0.2, 0.25) is 0 Å². The molecule has 9 heteroatoms. The molecule has 2 N–H and O–H groups in total. The number of methoxy groups -OCH3 is 1. The Morgan fingerprint density at radius 1 is 1.13 bits per heavy atom. The molecule has 2 fully saturated rings. The van der Waals surface area contributed by atoms with Crippen LogP contribution in [0.3, 0.4) is 0 Å². The van der Waals surface area contributed by atoms with Crippen LogP contribution in [0.4, 0.5) is 15.6 Å². The number of hydrogen-bond acceptors (Lipinski definition) is 6. The van der Waals surface area contributed by atoms with E-state index in [9.17, 15) is 9.59 Å². The van der Waals surface area contributed by atoms with Crippen molar-refractivity contribution in [3.05, 3.63) is 35.3 Å². The lowest BCUT2D eigenvalue weighted by molar-refractivity contribution is -0.130. The van der Waals surface area contributed by atoms with Crippen LogP contribution >= 0.6 is 11.3 Å².